The number of hydrogen-bond donors (Lipinski definition) is 0. The summed E-state index contributed by atoms with van der Waals surface area (Å²) in [5, 5.41) is 0.488. The van der Waals surface area contributed by atoms with Gasteiger partial charge < -0.3 is 18.9 Å². The standard InChI is InChI=1S/C14H19ClN2O4/c1-16-8-9(15)6-11(16)13(18)17-5-4-10(20-2)7-12(17)14(19)21-3/h6,8,10,12H,4-5,7H2,1-3H3. The number of nitrogens with zero attached hydrogens (tertiary/aromatic N) is 2. The van der Waals surface area contributed by atoms with Crippen LogP contribution in [-0.4, -0.2) is 54.3 Å². The maximum atomic E-state index is 12.7. The number of halogens is 1. The highest BCUT2D eigenvalue weighted by atomic mass is 35.5. The van der Waals surface area contributed by atoms with E-state index in [4.69, 9.17) is 21.1 Å². The van der Waals surface area contributed by atoms with Crippen molar-refractivity contribution in [3.05, 3.63) is 23.0 Å². The van der Waals surface area contributed by atoms with Crippen LogP contribution >= 0.6 is 11.6 Å². The lowest BCUT2D eigenvalue weighted by Crippen LogP contribution is -2.52. The SMILES string of the molecule is COC(=O)C1CC(OC)CCN1C(=O)c1cc(Cl)cn1C. The van der Waals surface area contributed by atoms with Gasteiger partial charge in [-0.25, -0.2) is 4.79 Å². The van der Waals surface area contributed by atoms with Crippen molar-refractivity contribution < 1.29 is 19.1 Å². The number of carbonyl (C=O) groups excluding carboxylic acids is 2. The summed E-state index contributed by atoms with van der Waals surface area (Å²) in [6.45, 7) is 0.444. The number of rotatable bonds is 3. The summed E-state index contributed by atoms with van der Waals surface area (Å²) in [6.07, 6.45) is 2.74. The Labute approximate surface area is 128 Å². The predicted octanol–water partition coefficient (Wildman–Crippen LogP) is 1.47. The molecule has 1 saturated heterocycles. The summed E-state index contributed by atoms with van der Waals surface area (Å²) in [5.74, 6) is -0.653. The zero-order chi connectivity index (χ0) is 15.6. The van der Waals surface area contributed by atoms with Crippen LogP contribution in [0.3, 0.4) is 0 Å². The van der Waals surface area contributed by atoms with Crippen molar-refractivity contribution in [2.45, 2.75) is 25.0 Å². The third kappa shape index (κ3) is 3.22. The minimum Gasteiger partial charge on any atom is -0.467 e. The van der Waals surface area contributed by atoms with Gasteiger partial charge in [0.1, 0.15) is 11.7 Å². The Hall–Kier alpha value is -1.53. The van der Waals surface area contributed by atoms with Crippen LogP contribution in [0.4, 0.5) is 0 Å². The third-order valence-corrected chi connectivity index (χ3v) is 4.02. The van der Waals surface area contributed by atoms with Crippen molar-refractivity contribution in [1.29, 1.82) is 0 Å². The molecule has 0 aromatic carbocycles. The van der Waals surface area contributed by atoms with Gasteiger partial charge in [-0.3, -0.25) is 4.79 Å². The van der Waals surface area contributed by atoms with E-state index in [9.17, 15) is 9.59 Å². The van der Waals surface area contributed by atoms with E-state index in [1.54, 1.807) is 31.0 Å². The molecule has 1 amide bonds. The summed E-state index contributed by atoms with van der Waals surface area (Å²) in [6, 6.07) is 0.968. The zero-order valence-electron chi connectivity index (χ0n) is 12.3. The van der Waals surface area contributed by atoms with Crippen LogP contribution in [0, 0.1) is 0 Å². The molecule has 1 aromatic heterocycles. The Kier molecular flexibility index (Phi) is 4.90. The first-order chi connectivity index (χ1) is 9.97. The highest BCUT2D eigenvalue weighted by molar-refractivity contribution is 6.31. The van der Waals surface area contributed by atoms with Crippen LogP contribution in [0.5, 0.6) is 0 Å². The zero-order valence-corrected chi connectivity index (χ0v) is 13.1. The molecule has 21 heavy (non-hydrogen) atoms. The molecule has 1 aromatic rings. The molecule has 2 rings (SSSR count). The van der Waals surface area contributed by atoms with Crippen molar-refractivity contribution in [2.24, 2.45) is 7.05 Å². The Balaban J connectivity index is 2.25. The fourth-order valence-corrected chi connectivity index (χ4v) is 2.88. The van der Waals surface area contributed by atoms with E-state index >= 15 is 0 Å². The summed E-state index contributed by atoms with van der Waals surface area (Å²) in [5.41, 5.74) is 0.449. The van der Waals surface area contributed by atoms with Crippen molar-refractivity contribution >= 4 is 23.5 Å². The van der Waals surface area contributed by atoms with E-state index in [1.165, 1.54) is 12.0 Å². The number of methoxy groups -OCH3 is 2. The lowest BCUT2D eigenvalue weighted by atomic mass is 9.98. The Morgan fingerprint density at radius 1 is 1.38 bits per heavy atom. The van der Waals surface area contributed by atoms with Gasteiger partial charge in [0.05, 0.1) is 18.2 Å². The Bertz CT molecular complexity index is 543. The van der Waals surface area contributed by atoms with E-state index in [-0.39, 0.29) is 12.0 Å². The molecule has 2 heterocycles. The summed E-state index contributed by atoms with van der Waals surface area (Å²) < 4.78 is 11.8. The first kappa shape index (κ1) is 15.9. The van der Waals surface area contributed by atoms with Crippen LogP contribution in [0.1, 0.15) is 23.3 Å². The minimum absolute atomic E-state index is 0.0462. The number of piperidine rings is 1. The molecular formula is C14H19ClN2O4. The van der Waals surface area contributed by atoms with Gasteiger partial charge in [-0.05, 0) is 12.5 Å². The van der Waals surface area contributed by atoms with Gasteiger partial charge in [0, 0.05) is 33.3 Å². The smallest absolute Gasteiger partial charge is 0.328 e. The molecule has 116 valence electrons. The fraction of sp³-hybridized carbons (Fsp3) is 0.571. The van der Waals surface area contributed by atoms with E-state index in [0.29, 0.717) is 30.1 Å². The molecule has 2 unspecified atom stereocenters. The van der Waals surface area contributed by atoms with Crippen molar-refractivity contribution in [3.63, 3.8) is 0 Å². The summed E-state index contributed by atoms with van der Waals surface area (Å²) in [7, 11) is 4.67. The van der Waals surface area contributed by atoms with E-state index in [1.807, 2.05) is 0 Å². The van der Waals surface area contributed by atoms with Gasteiger partial charge in [-0.2, -0.15) is 0 Å². The number of carbonyl (C=O) groups is 2. The van der Waals surface area contributed by atoms with Crippen molar-refractivity contribution in [2.75, 3.05) is 20.8 Å². The van der Waals surface area contributed by atoms with Crippen LogP contribution < -0.4 is 0 Å². The van der Waals surface area contributed by atoms with Crippen LogP contribution in [0.15, 0.2) is 12.3 Å². The molecule has 0 bridgehead atoms. The number of aryl methyl sites for hydroxylation is 1. The van der Waals surface area contributed by atoms with Gasteiger partial charge in [0.2, 0.25) is 0 Å². The number of ether oxygens (including phenoxy) is 2. The van der Waals surface area contributed by atoms with Crippen molar-refractivity contribution in [1.82, 2.24) is 9.47 Å². The van der Waals surface area contributed by atoms with Gasteiger partial charge in [0.15, 0.2) is 0 Å². The predicted molar refractivity (Wildman–Crippen MR) is 77.3 cm³/mol. The van der Waals surface area contributed by atoms with E-state index in [0.717, 1.165) is 0 Å². The molecule has 0 radical (unpaired) electrons. The number of aromatic nitrogens is 1. The first-order valence-corrected chi connectivity index (χ1v) is 7.09. The second-order valence-corrected chi connectivity index (χ2v) is 5.51. The third-order valence-electron chi connectivity index (χ3n) is 3.81. The summed E-state index contributed by atoms with van der Waals surface area (Å²) in [4.78, 5) is 26.2. The monoisotopic (exact) mass is 314 g/mol. The molecule has 2 atom stereocenters. The van der Waals surface area contributed by atoms with Gasteiger partial charge >= 0.3 is 5.97 Å². The molecule has 1 aliphatic heterocycles. The number of amides is 1. The molecule has 0 N–H and O–H groups in total. The highest BCUT2D eigenvalue weighted by Gasteiger charge is 2.38. The Morgan fingerprint density at radius 3 is 2.62 bits per heavy atom. The normalized spacial score (nSPS) is 22.2. The van der Waals surface area contributed by atoms with Crippen LogP contribution in [-0.2, 0) is 21.3 Å². The molecular weight excluding hydrogens is 296 g/mol. The molecule has 0 aliphatic carbocycles. The highest BCUT2D eigenvalue weighted by Crippen LogP contribution is 2.24. The first-order valence-electron chi connectivity index (χ1n) is 6.71. The molecule has 0 saturated carbocycles. The number of likely N-dealkylation sites (tertiary alicyclic amines) is 1. The average Bonchev–Trinajstić information content (AvgIpc) is 2.83. The largest absolute Gasteiger partial charge is 0.467 e. The lowest BCUT2D eigenvalue weighted by molar-refractivity contribution is -0.149. The van der Waals surface area contributed by atoms with Crippen molar-refractivity contribution in [3.8, 4) is 0 Å². The van der Waals surface area contributed by atoms with Gasteiger partial charge in [-0.1, -0.05) is 11.6 Å². The molecule has 1 aliphatic rings. The molecule has 0 spiro atoms. The number of hydrogen-bond acceptors (Lipinski definition) is 4. The maximum absolute atomic E-state index is 12.7. The maximum Gasteiger partial charge on any atom is 0.328 e. The topological polar surface area (TPSA) is 60.8 Å². The quantitative estimate of drug-likeness (QED) is 0.793. The molecule has 7 heteroatoms. The van der Waals surface area contributed by atoms with E-state index < -0.39 is 12.0 Å². The second kappa shape index (κ2) is 6.49. The number of esters is 1. The lowest BCUT2D eigenvalue weighted by Gasteiger charge is -2.37. The molecule has 6 nitrogen and oxygen atoms in total. The second-order valence-electron chi connectivity index (χ2n) is 5.07. The molecule has 1 fully saturated rings. The van der Waals surface area contributed by atoms with E-state index in [2.05, 4.69) is 0 Å². The average molecular weight is 315 g/mol. The van der Waals surface area contributed by atoms with Gasteiger partial charge in [-0.15, -0.1) is 0 Å². The van der Waals surface area contributed by atoms with Gasteiger partial charge in [0.25, 0.3) is 5.91 Å². The fourth-order valence-electron chi connectivity index (χ4n) is 2.63. The van der Waals surface area contributed by atoms with Crippen LogP contribution in [0.25, 0.3) is 0 Å². The van der Waals surface area contributed by atoms with Crippen LogP contribution in [0.2, 0.25) is 5.02 Å². The Morgan fingerprint density at radius 2 is 2.10 bits per heavy atom. The minimum atomic E-state index is -0.630. The summed E-state index contributed by atoms with van der Waals surface area (Å²) >= 11 is 5.92.